The molecule has 0 fully saturated rings. The molecule has 0 unspecified atom stereocenters. The van der Waals surface area contributed by atoms with Crippen LogP contribution in [0.3, 0.4) is 0 Å². The summed E-state index contributed by atoms with van der Waals surface area (Å²) in [6.45, 7) is 5.97. The number of pyridine rings is 1. The summed E-state index contributed by atoms with van der Waals surface area (Å²) in [4.78, 5) is 17.0. The van der Waals surface area contributed by atoms with Crippen molar-refractivity contribution in [3.63, 3.8) is 0 Å². The number of aromatic nitrogens is 3. The van der Waals surface area contributed by atoms with Gasteiger partial charge in [0.15, 0.2) is 5.82 Å². The molecule has 122 valence electrons. The van der Waals surface area contributed by atoms with Gasteiger partial charge >= 0.3 is 0 Å². The topological polar surface area (TPSA) is 70.7 Å². The van der Waals surface area contributed by atoms with Crippen molar-refractivity contribution in [3.05, 3.63) is 65.5 Å². The van der Waals surface area contributed by atoms with E-state index < -0.39 is 0 Å². The van der Waals surface area contributed by atoms with Crippen LogP contribution >= 0.6 is 0 Å². The fraction of sp³-hybridized carbons (Fsp3) is 0.211. The van der Waals surface area contributed by atoms with Gasteiger partial charge in [0.25, 0.3) is 5.91 Å². The molecule has 2 heterocycles. The number of carbonyl (C=O) groups excluding carboxylic acids is 1. The minimum absolute atomic E-state index is 0.207. The van der Waals surface area contributed by atoms with Gasteiger partial charge in [-0.1, -0.05) is 44.2 Å². The SMILES string of the molecule is Cc1nc(-c2ccccc2)ccc1C(=O)Nc1cc(C(C)C)[nH]n1. The zero-order valence-corrected chi connectivity index (χ0v) is 14.0. The number of aryl methyl sites for hydroxylation is 1. The van der Waals surface area contributed by atoms with Crippen molar-refractivity contribution < 1.29 is 4.79 Å². The summed E-state index contributed by atoms with van der Waals surface area (Å²) in [6.07, 6.45) is 0. The maximum atomic E-state index is 12.5. The number of nitrogens with zero attached hydrogens (tertiary/aromatic N) is 2. The fourth-order valence-electron chi connectivity index (χ4n) is 2.45. The molecule has 0 radical (unpaired) electrons. The second-order valence-electron chi connectivity index (χ2n) is 6.01. The summed E-state index contributed by atoms with van der Waals surface area (Å²) in [7, 11) is 0. The van der Waals surface area contributed by atoms with E-state index in [4.69, 9.17) is 0 Å². The van der Waals surface area contributed by atoms with Crippen LogP contribution in [0.5, 0.6) is 0 Å². The van der Waals surface area contributed by atoms with Gasteiger partial charge in [-0.15, -0.1) is 0 Å². The average Bonchev–Trinajstić information content (AvgIpc) is 3.04. The van der Waals surface area contributed by atoms with Crippen LogP contribution in [0.15, 0.2) is 48.5 Å². The number of hydrogen-bond acceptors (Lipinski definition) is 3. The van der Waals surface area contributed by atoms with E-state index in [1.54, 1.807) is 6.07 Å². The van der Waals surface area contributed by atoms with Crippen molar-refractivity contribution in [2.24, 2.45) is 0 Å². The molecule has 0 atom stereocenters. The maximum Gasteiger partial charge on any atom is 0.258 e. The van der Waals surface area contributed by atoms with Crippen molar-refractivity contribution in [3.8, 4) is 11.3 Å². The first-order chi connectivity index (χ1) is 11.5. The Bertz CT molecular complexity index is 853. The average molecular weight is 320 g/mol. The first-order valence-electron chi connectivity index (χ1n) is 7.94. The van der Waals surface area contributed by atoms with Gasteiger partial charge < -0.3 is 5.32 Å². The lowest BCUT2D eigenvalue weighted by atomic mass is 10.1. The van der Waals surface area contributed by atoms with Crippen LogP contribution in [0.25, 0.3) is 11.3 Å². The lowest BCUT2D eigenvalue weighted by Crippen LogP contribution is -2.14. The Kier molecular flexibility index (Phi) is 4.42. The Balaban J connectivity index is 1.80. The fourth-order valence-corrected chi connectivity index (χ4v) is 2.45. The van der Waals surface area contributed by atoms with Crippen LogP contribution < -0.4 is 5.32 Å². The van der Waals surface area contributed by atoms with Gasteiger partial charge in [0, 0.05) is 17.3 Å². The molecule has 3 rings (SSSR count). The molecule has 0 saturated carbocycles. The molecule has 0 bridgehead atoms. The second-order valence-corrected chi connectivity index (χ2v) is 6.01. The van der Waals surface area contributed by atoms with Crippen LogP contribution in [0.4, 0.5) is 5.82 Å². The van der Waals surface area contributed by atoms with Crippen LogP contribution in [0, 0.1) is 6.92 Å². The predicted molar refractivity (Wildman–Crippen MR) is 95.0 cm³/mol. The zero-order valence-electron chi connectivity index (χ0n) is 14.0. The van der Waals surface area contributed by atoms with Crippen LogP contribution in [-0.2, 0) is 0 Å². The van der Waals surface area contributed by atoms with E-state index in [0.29, 0.717) is 23.0 Å². The van der Waals surface area contributed by atoms with Crippen molar-refractivity contribution in [2.45, 2.75) is 26.7 Å². The van der Waals surface area contributed by atoms with E-state index in [-0.39, 0.29) is 5.91 Å². The van der Waals surface area contributed by atoms with Gasteiger partial charge in [-0.2, -0.15) is 5.10 Å². The van der Waals surface area contributed by atoms with Crippen molar-refractivity contribution in [1.82, 2.24) is 15.2 Å². The number of benzene rings is 1. The highest BCUT2D eigenvalue weighted by Gasteiger charge is 2.13. The summed E-state index contributed by atoms with van der Waals surface area (Å²) in [5, 5.41) is 9.86. The van der Waals surface area contributed by atoms with E-state index in [1.165, 1.54) is 0 Å². The van der Waals surface area contributed by atoms with Crippen molar-refractivity contribution >= 4 is 11.7 Å². The Labute approximate surface area is 141 Å². The second kappa shape index (κ2) is 6.66. The molecule has 2 aromatic heterocycles. The lowest BCUT2D eigenvalue weighted by molar-refractivity contribution is 0.102. The number of nitrogens with one attached hydrogen (secondary N) is 2. The molecule has 24 heavy (non-hydrogen) atoms. The van der Waals surface area contributed by atoms with Crippen LogP contribution in [0.2, 0.25) is 0 Å². The van der Waals surface area contributed by atoms with E-state index in [9.17, 15) is 4.79 Å². The van der Waals surface area contributed by atoms with Crippen molar-refractivity contribution in [2.75, 3.05) is 5.32 Å². The first kappa shape index (κ1) is 15.9. The van der Waals surface area contributed by atoms with E-state index in [2.05, 4.69) is 34.3 Å². The molecule has 2 N–H and O–H groups in total. The molecule has 0 aliphatic carbocycles. The highest BCUT2D eigenvalue weighted by atomic mass is 16.1. The number of hydrogen-bond donors (Lipinski definition) is 2. The number of anilines is 1. The summed E-state index contributed by atoms with van der Waals surface area (Å²) in [6, 6.07) is 15.4. The highest BCUT2D eigenvalue weighted by molar-refractivity contribution is 6.04. The predicted octanol–water partition coefficient (Wildman–Crippen LogP) is 4.16. The molecule has 0 aliphatic rings. The third-order valence-electron chi connectivity index (χ3n) is 3.86. The molecule has 5 heteroatoms. The smallest absolute Gasteiger partial charge is 0.258 e. The minimum atomic E-state index is -0.207. The molecule has 3 aromatic rings. The minimum Gasteiger partial charge on any atom is -0.305 e. The van der Waals surface area contributed by atoms with E-state index in [1.807, 2.05) is 49.4 Å². The third-order valence-corrected chi connectivity index (χ3v) is 3.86. The number of amides is 1. The molecular formula is C19H20N4O. The highest BCUT2D eigenvalue weighted by Crippen LogP contribution is 2.20. The summed E-state index contributed by atoms with van der Waals surface area (Å²) in [5.41, 5.74) is 4.10. The zero-order chi connectivity index (χ0) is 17.1. The normalized spacial score (nSPS) is 10.8. The third kappa shape index (κ3) is 3.35. The monoisotopic (exact) mass is 320 g/mol. The molecule has 5 nitrogen and oxygen atoms in total. The van der Waals surface area contributed by atoms with Gasteiger partial charge in [-0.3, -0.25) is 14.9 Å². The number of carbonyl (C=O) groups is 1. The van der Waals surface area contributed by atoms with Gasteiger partial charge in [-0.05, 0) is 25.0 Å². The summed E-state index contributed by atoms with van der Waals surface area (Å²) >= 11 is 0. The largest absolute Gasteiger partial charge is 0.305 e. The lowest BCUT2D eigenvalue weighted by Gasteiger charge is -2.07. The van der Waals surface area contributed by atoms with Gasteiger partial charge in [0.05, 0.1) is 17.0 Å². The molecule has 1 aromatic carbocycles. The Morgan fingerprint density at radius 1 is 1.12 bits per heavy atom. The Morgan fingerprint density at radius 2 is 1.88 bits per heavy atom. The molecule has 0 spiro atoms. The maximum absolute atomic E-state index is 12.5. The van der Waals surface area contributed by atoms with E-state index in [0.717, 1.165) is 17.0 Å². The van der Waals surface area contributed by atoms with Gasteiger partial charge in [-0.25, -0.2) is 0 Å². The van der Waals surface area contributed by atoms with Gasteiger partial charge in [0.2, 0.25) is 0 Å². The van der Waals surface area contributed by atoms with Gasteiger partial charge in [0.1, 0.15) is 0 Å². The van der Waals surface area contributed by atoms with Crippen LogP contribution in [-0.4, -0.2) is 21.1 Å². The Morgan fingerprint density at radius 3 is 2.50 bits per heavy atom. The molecule has 0 aliphatic heterocycles. The van der Waals surface area contributed by atoms with Crippen molar-refractivity contribution in [1.29, 1.82) is 0 Å². The molecular weight excluding hydrogens is 300 g/mol. The number of aromatic amines is 1. The summed E-state index contributed by atoms with van der Waals surface area (Å²) in [5.74, 6) is 0.647. The van der Waals surface area contributed by atoms with E-state index >= 15 is 0 Å². The number of H-pyrrole nitrogens is 1. The quantitative estimate of drug-likeness (QED) is 0.758. The number of rotatable bonds is 4. The Hall–Kier alpha value is -2.95. The standard InChI is InChI=1S/C19H20N4O/c1-12(2)17-11-18(23-22-17)21-19(24)15-9-10-16(20-13(15)3)14-7-5-4-6-8-14/h4-12H,1-3H3,(H2,21,22,23,24). The van der Waals surface area contributed by atoms with Crippen LogP contribution in [0.1, 0.15) is 41.5 Å². The first-order valence-corrected chi connectivity index (χ1v) is 7.94. The summed E-state index contributed by atoms with van der Waals surface area (Å²) < 4.78 is 0. The molecule has 1 amide bonds. The molecule has 0 saturated heterocycles.